The van der Waals surface area contributed by atoms with Gasteiger partial charge in [0.25, 0.3) is 0 Å². The Hall–Kier alpha value is -0.00169. The Balaban J connectivity index is 0.000000861. The quantitative estimate of drug-likeness (QED) is 0.666. The van der Waals surface area contributed by atoms with Gasteiger partial charge in [0.2, 0.25) is 0 Å². The molecule has 2 aliphatic rings. The molecule has 0 aromatic carbocycles. The molecular formula is C17H28NW-. The first-order valence-corrected chi connectivity index (χ1v) is 8.94. The van der Waals surface area contributed by atoms with Crippen molar-refractivity contribution < 1.29 is 19.4 Å². The van der Waals surface area contributed by atoms with E-state index in [1.165, 1.54) is 31.3 Å². The van der Waals surface area contributed by atoms with Gasteiger partial charge in [-0.1, -0.05) is 13.8 Å². The van der Waals surface area contributed by atoms with Crippen LogP contribution in [0.25, 0.3) is 0 Å². The Labute approximate surface area is 130 Å². The molecule has 108 valence electrons. The van der Waals surface area contributed by atoms with Crippen LogP contribution in [0.5, 0.6) is 0 Å². The van der Waals surface area contributed by atoms with Crippen LogP contribution in [0.3, 0.4) is 0 Å². The van der Waals surface area contributed by atoms with E-state index in [0.29, 0.717) is 5.41 Å². The van der Waals surface area contributed by atoms with Crippen LogP contribution in [0, 0.1) is 12.0 Å². The zero-order valence-corrected chi connectivity index (χ0v) is 16.0. The van der Waals surface area contributed by atoms with Gasteiger partial charge in [-0.2, -0.15) is 0 Å². The standard InChI is InChI=1S/C15H22N.C2H6.W/c1-5-6-12-9-10-15(4,11-12)14(2,3)16-13-7-8-13;1-2;/h1,5-6,13,16H,7-10H2,2-4H3;1-2H3;/q-1;;. The minimum atomic E-state index is 0.190. The van der Waals surface area contributed by atoms with Gasteiger partial charge in [0.05, 0.1) is 0 Å². The molecule has 0 aromatic heterocycles. The summed E-state index contributed by atoms with van der Waals surface area (Å²) in [6, 6.07) is 0.763. The maximum absolute atomic E-state index is 5.54. The third kappa shape index (κ3) is 3.55. The summed E-state index contributed by atoms with van der Waals surface area (Å²) in [7, 11) is 0. The van der Waals surface area contributed by atoms with Crippen molar-refractivity contribution >= 4 is 3.90 Å². The summed E-state index contributed by atoms with van der Waals surface area (Å²) in [5, 5.41) is 3.83. The summed E-state index contributed by atoms with van der Waals surface area (Å²) in [5.74, 6) is 0. The Bertz CT molecular complexity index is 377. The van der Waals surface area contributed by atoms with Gasteiger partial charge in [-0.3, -0.25) is 0 Å². The Morgan fingerprint density at radius 2 is 1.95 bits per heavy atom. The Kier molecular flexibility index (Phi) is 5.95. The number of rotatable bonds is 4. The zero-order chi connectivity index (χ0) is 14.7. The average Bonchev–Trinajstić information content (AvgIpc) is 3.13. The van der Waals surface area contributed by atoms with Gasteiger partial charge < -0.3 is 0 Å². The van der Waals surface area contributed by atoms with E-state index in [4.69, 9.17) is 6.58 Å². The molecule has 1 atom stereocenters. The van der Waals surface area contributed by atoms with Gasteiger partial charge >= 0.3 is 116 Å². The van der Waals surface area contributed by atoms with E-state index in [-0.39, 0.29) is 5.54 Å². The van der Waals surface area contributed by atoms with Gasteiger partial charge in [0.15, 0.2) is 0 Å². The van der Waals surface area contributed by atoms with Crippen LogP contribution < -0.4 is 5.32 Å². The number of hydrogen-bond acceptors (Lipinski definition) is 1. The SMILES string of the molecule is CC.[CH-]=CC=C1CCC(C)(C(C)(C)NC2CC2)[C]1=[W]. The van der Waals surface area contributed by atoms with Crippen molar-refractivity contribution in [1.82, 2.24) is 5.32 Å². The van der Waals surface area contributed by atoms with E-state index in [2.05, 4.69) is 32.2 Å². The van der Waals surface area contributed by atoms with Gasteiger partial charge in [-0.25, -0.2) is 0 Å². The molecule has 0 saturated heterocycles. The van der Waals surface area contributed by atoms with Crippen molar-refractivity contribution in [3.8, 4) is 0 Å². The number of allylic oxidation sites excluding steroid dienone is 3. The fraction of sp³-hybridized carbons (Fsp3) is 0.706. The first-order valence-electron chi connectivity index (χ1n) is 7.47. The van der Waals surface area contributed by atoms with Crippen molar-refractivity contribution in [3.05, 3.63) is 24.3 Å². The van der Waals surface area contributed by atoms with Gasteiger partial charge in [0.1, 0.15) is 0 Å². The van der Waals surface area contributed by atoms with E-state index in [1.807, 2.05) is 13.8 Å². The Morgan fingerprint density at radius 3 is 2.42 bits per heavy atom. The molecule has 0 heterocycles. The van der Waals surface area contributed by atoms with Crippen LogP contribution in [0.4, 0.5) is 0 Å². The van der Waals surface area contributed by atoms with Gasteiger partial charge in [0, 0.05) is 0 Å². The van der Waals surface area contributed by atoms with Crippen molar-refractivity contribution in [2.75, 3.05) is 0 Å². The molecule has 1 nitrogen and oxygen atoms in total. The molecule has 1 N–H and O–H groups in total. The van der Waals surface area contributed by atoms with Crippen molar-refractivity contribution in [2.24, 2.45) is 5.41 Å². The minimum absolute atomic E-state index is 0.190. The van der Waals surface area contributed by atoms with E-state index in [0.717, 1.165) is 6.04 Å². The third-order valence-corrected chi connectivity index (χ3v) is 7.07. The predicted molar refractivity (Wildman–Crippen MR) is 80.9 cm³/mol. The molecule has 1 unspecified atom stereocenters. The van der Waals surface area contributed by atoms with E-state index < -0.39 is 0 Å². The fourth-order valence-corrected chi connectivity index (χ4v) is 4.63. The summed E-state index contributed by atoms with van der Waals surface area (Å²) in [5.41, 5.74) is 1.95. The molecule has 0 bridgehead atoms. The first kappa shape index (κ1) is 17.1. The molecule has 0 radical (unpaired) electrons. The molecule has 0 aliphatic heterocycles. The average molecular weight is 430 g/mol. The molecule has 2 saturated carbocycles. The monoisotopic (exact) mass is 430 g/mol. The van der Waals surface area contributed by atoms with Crippen LogP contribution in [0.2, 0.25) is 0 Å². The molecular weight excluding hydrogens is 402 g/mol. The van der Waals surface area contributed by atoms with Crippen LogP contribution in [0.1, 0.15) is 60.3 Å². The predicted octanol–water partition coefficient (Wildman–Crippen LogP) is 3.98. The van der Waals surface area contributed by atoms with Crippen LogP contribution in [-0.4, -0.2) is 15.5 Å². The van der Waals surface area contributed by atoms with E-state index in [9.17, 15) is 0 Å². The first-order chi connectivity index (χ1) is 8.90. The number of hydrogen-bond donors (Lipinski definition) is 1. The molecule has 0 amide bonds. The number of nitrogens with one attached hydrogen (secondary N) is 1. The van der Waals surface area contributed by atoms with Crippen molar-refractivity contribution in [1.29, 1.82) is 0 Å². The second-order valence-electron chi connectivity index (χ2n) is 6.09. The van der Waals surface area contributed by atoms with Gasteiger partial charge in [-0.05, 0) is 0 Å². The molecule has 19 heavy (non-hydrogen) atoms. The summed E-state index contributed by atoms with van der Waals surface area (Å²) >= 11 is 1.60. The van der Waals surface area contributed by atoms with Crippen LogP contribution in [0.15, 0.2) is 17.7 Å². The maximum atomic E-state index is 5.54. The topological polar surface area (TPSA) is 12.0 Å². The summed E-state index contributed by atoms with van der Waals surface area (Å²) in [4.78, 5) is 0. The van der Waals surface area contributed by atoms with Crippen molar-refractivity contribution in [3.63, 3.8) is 0 Å². The second kappa shape index (κ2) is 6.63. The van der Waals surface area contributed by atoms with Crippen molar-refractivity contribution in [2.45, 2.75) is 71.9 Å². The molecule has 2 aliphatic carbocycles. The summed E-state index contributed by atoms with van der Waals surface area (Å²) in [6.45, 7) is 16.7. The third-order valence-electron chi connectivity index (χ3n) is 4.51. The molecule has 2 rings (SSSR count). The summed E-state index contributed by atoms with van der Waals surface area (Å²) < 4.78 is 1.59. The van der Waals surface area contributed by atoms with Crippen LogP contribution >= 0.6 is 0 Å². The van der Waals surface area contributed by atoms with Crippen LogP contribution in [-0.2, 0) is 19.4 Å². The molecule has 2 fully saturated rings. The van der Waals surface area contributed by atoms with E-state index in [1.54, 1.807) is 29.3 Å². The molecule has 0 spiro atoms. The Morgan fingerprint density at radius 1 is 1.37 bits per heavy atom. The fourth-order valence-electron chi connectivity index (χ4n) is 2.73. The van der Waals surface area contributed by atoms with E-state index >= 15 is 0 Å². The normalized spacial score (nSPS) is 29.1. The zero-order valence-electron chi connectivity index (χ0n) is 13.0. The second-order valence-corrected chi connectivity index (χ2v) is 7.56. The molecule has 0 aromatic rings. The van der Waals surface area contributed by atoms with Gasteiger partial charge in [-0.15, -0.1) is 0 Å². The summed E-state index contributed by atoms with van der Waals surface area (Å²) in [6.07, 6.45) is 8.92. The molecule has 2 heteroatoms.